The molecule has 0 radical (unpaired) electrons. The van der Waals surface area contributed by atoms with Crippen molar-refractivity contribution in [1.29, 1.82) is 0 Å². The number of hydrogen-bond donors (Lipinski definition) is 1. The number of aromatic nitrogens is 1. The smallest absolute Gasteiger partial charge is 0.339 e. The van der Waals surface area contributed by atoms with Gasteiger partial charge in [-0.1, -0.05) is 137 Å². The van der Waals surface area contributed by atoms with E-state index in [0.29, 0.717) is 54.9 Å². The summed E-state index contributed by atoms with van der Waals surface area (Å²) in [5.74, 6) is -0.443. The van der Waals surface area contributed by atoms with Gasteiger partial charge in [-0.05, 0) is 128 Å². The van der Waals surface area contributed by atoms with Gasteiger partial charge >= 0.3 is 40.5 Å². The summed E-state index contributed by atoms with van der Waals surface area (Å²) in [6.45, 7) is 1.06. The average molecular weight is 1450 g/mol. The van der Waals surface area contributed by atoms with Crippen molar-refractivity contribution in [2.45, 2.75) is 58.1 Å². The van der Waals surface area contributed by atoms with Crippen LogP contribution >= 0.6 is 63.7 Å². The van der Waals surface area contributed by atoms with Gasteiger partial charge in [0.25, 0.3) is 0 Å². The molecule has 1 heterocycles. The van der Waals surface area contributed by atoms with Crippen LogP contribution in [0.1, 0.15) is 55.8 Å². The molecule has 9 aromatic rings. The van der Waals surface area contributed by atoms with Gasteiger partial charge in [-0.25, -0.2) is 0 Å². The highest BCUT2D eigenvalue weighted by Crippen LogP contribution is 2.42. The van der Waals surface area contributed by atoms with E-state index in [9.17, 15) is 33.7 Å². The number of benzene rings is 8. The normalized spacial score (nSPS) is 12.8. The lowest BCUT2D eigenvalue weighted by Gasteiger charge is -2.23. The highest BCUT2D eigenvalue weighted by molar-refractivity contribution is 9.11. The fourth-order valence-electron chi connectivity index (χ4n) is 9.39. The Kier molecular flexibility index (Phi) is 18.5. The zero-order valence-corrected chi connectivity index (χ0v) is 53.2. The van der Waals surface area contributed by atoms with Crippen LogP contribution in [-0.4, -0.2) is 51.7 Å². The van der Waals surface area contributed by atoms with Gasteiger partial charge in [0.05, 0.1) is 0 Å². The third-order valence-electron chi connectivity index (χ3n) is 13.4. The summed E-state index contributed by atoms with van der Waals surface area (Å²) in [6.07, 6.45) is 2.04. The maximum atomic E-state index is 14.7. The lowest BCUT2D eigenvalue weighted by atomic mass is 9.90. The molecule has 0 unspecified atom stereocenters. The largest absolute Gasteiger partial charge is 0.378 e. The maximum absolute atomic E-state index is 14.7. The first kappa shape index (κ1) is 59.9. The highest BCUT2D eigenvalue weighted by Gasteiger charge is 2.30. The van der Waals surface area contributed by atoms with E-state index < -0.39 is 40.5 Å². The SMILES string of the molecule is O=S(=O)(Oc1c2cccc1Cc1cccc(c1OS(=O)(=O)c1ccc(Br)cc1)Cc1cc(CCNCCc3ccccn3)cc(c1OS(=O)(=O)c1ccc(Br)cc1)Cc1cccc(c1OS(=O)(=O)c1ccc(Br)cc1)C2)c1ccc(Br)cc1. The van der Waals surface area contributed by atoms with Crippen molar-refractivity contribution in [2.75, 3.05) is 13.1 Å². The topological polar surface area (TPSA) is 198 Å². The van der Waals surface area contributed by atoms with E-state index in [0.717, 1.165) is 11.3 Å². The van der Waals surface area contributed by atoms with Crippen LogP contribution in [-0.2, 0) is 79.0 Å². The van der Waals surface area contributed by atoms with Crippen LogP contribution in [0.25, 0.3) is 0 Å². The first-order valence-corrected chi connectivity index (χ1v) is 34.4. The van der Waals surface area contributed by atoms with Crippen LogP contribution < -0.4 is 22.0 Å². The number of nitrogens with one attached hydrogen (secondary N) is 1. The van der Waals surface area contributed by atoms with Crippen molar-refractivity contribution in [3.05, 3.63) is 262 Å². The molecule has 1 aliphatic carbocycles. The molecule has 426 valence electrons. The van der Waals surface area contributed by atoms with Crippen molar-refractivity contribution in [2.24, 2.45) is 0 Å². The molecule has 0 fully saturated rings. The van der Waals surface area contributed by atoms with Gasteiger partial charge in [-0.15, -0.1) is 0 Å². The maximum Gasteiger partial charge on any atom is 0.339 e. The van der Waals surface area contributed by atoms with Gasteiger partial charge in [0.1, 0.15) is 42.6 Å². The van der Waals surface area contributed by atoms with Crippen LogP contribution in [0, 0.1) is 0 Å². The number of nitrogens with zero attached hydrogens (tertiary/aromatic N) is 1. The molecule has 0 spiro atoms. The molecule has 0 saturated carbocycles. The van der Waals surface area contributed by atoms with E-state index >= 15 is 0 Å². The third kappa shape index (κ3) is 14.7. The van der Waals surface area contributed by atoms with Crippen LogP contribution in [0.4, 0.5) is 0 Å². The van der Waals surface area contributed by atoms with E-state index in [1.54, 1.807) is 121 Å². The Bertz CT molecular complexity index is 4160. The third-order valence-corrected chi connectivity index (χ3v) is 20.5. The predicted molar refractivity (Wildman–Crippen MR) is 329 cm³/mol. The zero-order valence-electron chi connectivity index (χ0n) is 43.5. The summed E-state index contributed by atoms with van der Waals surface area (Å²) < 4.78 is 144. The standard InChI is InChI=1S/C61H48Br4N2O12S4/c62-49-13-21-54(22-14-49)80(68,69)76-58-41-6-3-7-42(58)37-44-9-5-11-46(60(44)78-82(72,73)56-25-17-51(64)18-26-56)39-48-35-40(29-32-66-33-30-53-12-1-2-31-67-53)34-47(61(48)79-83(74,75)57-27-19-52(65)20-28-57)38-45-10-4-8-43(36-41)59(45)77-81(70,71)55-23-15-50(63)16-24-55/h1-28,31,34-35,66H,29-30,32-33,36-39H2. The Morgan fingerprint density at radius 3 is 0.940 bits per heavy atom. The van der Waals surface area contributed by atoms with E-state index in [2.05, 4.69) is 74.0 Å². The lowest BCUT2D eigenvalue weighted by molar-refractivity contribution is 0.478. The quantitative estimate of drug-likeness (QED) is 0.0628. The first-order chi connectivity index (χ1) is 39.7. The van der Waals surface area contributed by atoms with E-state index in [1.165, 1.54) is 48.5 Å². The Hall–Kier alpha value is -6.21. The lowest BCUT2D eigenvalue weighted by Crippen LogP contribution is -2.21. The van der Waals surface area contributed by atoms with Crippen molar-refractivity contribution in [1.82, 2.24) is 10.3 Å². The molecule has 1 N–H and O–H groups in total. The van der Waals surface area contributed by atoms with Crippen molar-refractivity contribution >= 4 is 104 Å². The first-order valence-electron chi connectivity index (χ1n) is 25.6. The molecule has 8 bridgehead atoms. The molecule has 14 nitrogen and oxygen atoms in total. The second kappa shape index (κ2) is 25.6. The summed E-state index contributed by atoms with van der Waals surface area (Å²) >= 11 is 13.5. The second-order valence-corrected chi connectivity index (χ2v) is 29.1. The summed E-state index contributed by atoms with van der Waals surface area (Å²) in [6, 6.07) is 47.9. The molecule has 0 aliphatic heterocycles. The fourth-order valence-corrected chi connectivity index (χ4v) is 14.4. The number of fused-ring (bicyclic) bond motifs is 8. The summed E-state index contributed by atoms with van der Waals surface area (Å²) in [4.78, 5) is 3.78. The molecular formula is C61H48Br4N2O12S4. The van der Waals surface area contributed by atoms with Gasteiger partial charge in [-0.3, -0.25) is 4.98 Å². The number of para-hydroxylation sites is 3. The Morgan fingerprint density at radius 2 is 0.639 bits per heavy atom. The van der Waals surface area contributed by atoms with Crippen molar-refractivity contribution in [3.63, 3.8) is 0 Å². The summed E-state index contributed by atoms with van der Waals surface area (Å²) in [5.41, 5.74) is 3.92. The molecule has 0 atom stereocenters. The Morgan fingerprint density at radius 1 is 0.349 bits per heavy atom. The number of rotatable bonds is 18. The molecule has 1 aromatic heterocycles. The van der Waals surface area contributed by atoms with Gasteiger partial charge < -0.3 is 22.0 Å². The van der Waals surface area contributed by atoms with E-state index in [-0.39, 0.29) is 102 Å². The zero-order chi connectivity index (χ0) is 58.5. The van der Waals surface area contributed by atoms with Crippen LogP contribution in [0.3, 0.4) is 0 Å². The molecule has 8 aromatic carbocycles. The monoisotopic (exact) mass is 1440 g/mol. The average Bonchev–Trinajstić information content (AvgIpc) is 3.32. The van der Waals surface area contributed by atoms with Crippen molar-refractivity contribution in [3.8, 4) is 23.0 Å². The minimum atomic E-state index is -4.64. The summed E-state index contributed by atoms with van der Waals surface area (Å²) in [7, 11) is -18.5. The van der Waals surface area contributed by atoms with Gasteiger partial charge in [0.15, 0.2) is 0 Å². The highest BCUT2D eigenvalue weighted by atomic mass is 79.9. The molecule has 0 amide bonds. The number of pyridine rings is 1. The van der Waals surface area contributed by atoms with Crippen LogP contribution in [0.2, 0.25) is 0 Å². The van der Waals surface area contributed by atoms with Crippen molar-refractivity contribution < 1.29 is 50.4 Å². The Labute approximate surface area is 516 Å². The molecular weight excluding hydrogens is 1400 g/mol. The van der Waals surface area contributed by atoms with E-state index in [4.69, 9.17) is 16.7 Å². The minimum Gasteiger partial charge on any atom is -0.378 e. The molecule has 1 aliphatic rings. The molecule has 83 heavy (non-hydrogen) atoms. The van der Waals surface area contributed by atoms with Crippen LogP contribution in [0.15, 0.2) is 226 Å². The fraction of sp³-hybridized carbons (Fsp3) is 0.131. The molecule has 0 saturated heterocycles. The number of halogens is 4. The van der Waals surface area contributed by atoms with Gasteiger partial charge in [-0.2, -0.15) is 33.7 Å². The predicted octanol–water partition coefficient (Wildman–Crippen LogP) is 13.3. The minimum absolute atomic E-state index is 0.106. The van der Waals surface area contributed by atoms with Gasteiger partial charge in [0, 0.05) is 113 Å². The van der Waals surface area contributed by atoms with Gasteiger partial charge in [0.2, 0.25) is 0 Å². The van der Waals surface area contributed by atoms with E-state index in [1.807, 2.05) is 18.2 Å². The molecule has 22 heteroatoms. The molecule has 10 rings (SSSR count). The second-order valence-electron chi connectivity index (χ2n) is 19.2. The number of hydrogen-bond acceptors (Lipinski definition) is 14. The van der Waals surface area contributed by atoms with Crippen LogP contribution in [0.5, 0.6) is 23.0 Å². The Balaban J connectivity index is 1.21. The summed E-state index contributed by atoms with van der Waals surface area (Å²) in [5, 5.41) is 3.48.